The van der Waals surface area contributed by atoms with Crippen molar-refractivity contribution in [3.8, 4) is 28.4 Å². The van der Waals surface area contributed by atoms with E-state index < -0.39 is 0 Å². The van der Waals surface area contributed by atoms with Gasteiger partial charge >= 0.3 is 0 Å². The highest BCUT2D eigenvalue weighted by molar-refractivity contribution is 5.93. The average Bonchev–Trinajstić information content (AvgIpc) is 3.29. The molecule has 0 saturated heterocycles. The van der Waals surface area contributed by atoms with Crippen molar-refractivity contribution in [2.45, 2.75) is 13.3 Å². The van der Waals surface area contributed by atoms with Crippen LogP contribution in [-0.4, -0.2) is 67.3 Å². The number of benzene rings is 2. The molecule has 0 aliphatic heterocycles. The summed E-state index contributed by atoms with van der Waals surface area (Å²) in [6.07, 6.45) is 2.14. The molecule has 1 aromatic heterocycles. The second-order valence-corrected chi connectivity index (χ2v) is 7.46. The topological polar surface area (TPSA) is 94.9 Å². The van der Waals surface area contributed by atoms with E-state index in [0.717, 1.165) is 11.3 Å². The van der Waals surface area contributed by atoms with E-state index in [1.165, 1.54) is 4.90 Å². The van der Waals surface area contributed by atoms with Crippen molar-refractivity contribution in [3.63, 3.8) is 0 Å². The molecule has 0 spiro atoms. The molecule has 1 heterocycles. The van der Waals surface area contributed by atoms with Crippen molar-refractivity contribution in [2.75, 3.05) is 46.3 Å². The maximum absolute atomic E-state index is 12.9. The summed E-state index contributed by atoms with van der Waals surface area (Å²) in [6.45, 7) is 2.34. The first-order valence-electron chi connectivity index (χ1n) is 10.9. The van der Waals surface area contributed by atoms with Gasteiger partial charge in [0.15, 0.2) is 0 Å². The van der Waals surface area contributed by atoms with Gasteiger partial charge in [-0.05, 0) is 36.4 Å². The van der Waals surface area contributed by atoms with Crippen LogP contribution in [0.3, 0.4) is 0 Å². The number of imidazole rings is 1. The Labute approximate surface area is 199 Å². The van der Waals surface area contributed by atoms with Gasteiger partial charge in [0.1, 0.15) is 18.0 Å². The van der Waals surface area contributed by atoms with Crippen LogP contribution in [0.2, 0.25) is 0 Å². The average molecular weight is 467 g/mol. The van der Waals surface area contributed by atoms with Crippen LogP contribution in [0.1, 0.15) is 13.3 Å². The first-order valence-corrected chi connectivity index (χ1v) is 10.9. The molecule has 0 aliphatic carbocycles. The zero-order valence-electron chi connectivity index (χ0n) is 19.9. The summed E-state index contributed by atoms with van der Waals surface area (Å²) < 4.78 is 17.4. The fourth-order valence-corrected chi connectivity index (χ4v) is 3.38. The first-order chi connectivity index (χ1) is 16.5. The molecular weight excluding hydrogens is 436 g/mol. The van der Waals surface area contributed by atoms with Crippen LogP contribution in [0.5, 0.6) is 11.5 Å². The normalized spacial score (nSPS) is 10.6. The van der Waals surface area contributed by atoms with Crippen LogP contribution in [-0.2, 0) is 14.3 Å². The lowest BCUT2D eigenvalue weighted by molar-refractivity contribution is -0.135. The molecule has 0 aliphatic rings. The molecule has 0 saturated carbocycles. The Bertz CT molecular complexity index is 1110. The van der Waals surface area contributed by atoms with Gasteiger partial charge in [0, 0.05) is 37.5 Å². The van der Waals surface area contributed by atoms with E-state index in [1.54, 1.807) is 32.8 Å². The number of rotatable bonds is 11. The third-order valence-corrected chi connectivity index (χ3v) is 5.23. The van der Waals surface area contributed by atoms with Gasteiger partial charge in [-0.25, -0.2) is 4.98 Å². The van der Waals surface area contributed by atoms with Crippen molar-refractivity contribution in [2.24, 2.45) is 0 Å². The zero-order chi connectivity index (χ0) is 24.5. The van der Waals surface area contributed by atoms with Gasteiger partial charge in [-0.1, -0.05) is 19.1 Å². The highest BCUT2D eigenvalue weighted by Crippen LogP contribution is 2.27. The van der Waals surface area contributed by atoms with E-state index in [2.05, 4.69) is 10.3 Å². The molecule has 0 bridgehead atoms. The van der Waals surface area contributed by atoms with E-state index in [0.29, 0.717) is 42.7 Å². The number of methoxy groups -OCH3 is 3. The third kappa shape index (κ3) is 6.14. The van der Waals surface area contributed by atoms with Gasteiger partial charge in [-0.2, -0.15) is 0 Å². The summed E-state index contributed by atoms with van der Waals surface area (Å²) in [4.78, 5) is 31.3. The molecule has 0 unspecified atom stereocenters. The third-order valence-electron chi connectivity index (χ3n) is 5.23. The largest absolute Gasteiger partial charge is 0.497 e. The molecule has 180 valence electrons. The van der Waals surface area contributed by atoms with E-state index in [9.17, 15) is 9.59 Å². The zero-order valence-corrected chi connectivity index (χ0v) is 19.9. The number of amides is 2. The number of hydrogen-bond acceptors (Lipinski definition) is 6. The lowest BCUT2D eigenvalue weighted by Gasteiger charge is -2.21. The fourth-order valence-electron chi connectivity index (χ4n) is 3.38. The highest BCUT2D eigenvalue weighted by atomic mass is 16.5. The second kappa shape index (κ2) is 11.9. The Morgan fingerprint density at radius 2 is 1.76 bits per heavy atom. The number of anilines is 1. The van der Waals surface area contributed by atoms with E-state index in [1.807, 2.05) is 54.7 Å². The van der Waals surface area contributed by atoms with Crippen molar-refractivity contribution in [1.82, 2.24) is 14.5 Å². The molecule has 9 heteroatoms. The van der Waals surface area contributed by atoms with Crippen molar-refractivity contribution >= 4 is 17.8 Å². The predicted octanol–water partition coefficient (Wildman–Crippen LogP) is 3.38. The monoisotopic (exact) mass is 466 g/mol. The van der Waals surface area contributed by atoms with E-state index in [-0.39, 0.29) is 18.4 Å². The number of ether oxygens (including phenoxy) is 3. The molecule has 34 heavy (non-hydrogen) atoms. The smallest absolute Gasteiger partial charge is 0.246 e. The van der Waals surface area contributed by atoms with Gasteiger partial charge in [-0.15, -0.1) is 0 Å². The molecule has 2 aromatic carbocycles. The number of carbonyl (C=O) groups excluding carboxylic acids is 2. The summed E-state index contributed by atoms with van der Waals surface area (Å²) in [7, 11) is 4.76. The van der Waals surface area contributed by atoms with E-state index in [4.69, 9.17) is 14.2 Å². The van der Waals surface area contributed by atoms with Crippen LogP contribution in [0.25, 0.3) is 16.9 Å². The number of nitrogens with zero attached hydrogens (tertiary/aromatic N) is 3. The predicted molar refractivity (Wildman–Crippen MR) is 129 cm³/mol. The van der Waals surface area contributed by atoms with Gasteiger partial charge in [0.05, 0.1) is 26.5 Å². The minimum atomic E-state index is -0.351. The minimum absolute atomic E-state index is 0.0972. The lowest BCUT2D eigenvalue weighted by atomic mass is 10.1. The van der Waals surface area contributed by atoms with Crippen LogP contribution in [0.4, 0.5) is 5.95 Å². The van der Waals surface area contributed by atoms with Gasteiger partial charge in [-0.3, -0.25) is 19.5 Å². The van der Waals surface area contributed by atoms with Gasteiger partial charge < -0.3 is 19.1 Å². The Balaban J connectivity index is 1.92. The molecule has 3 rings (SSSR count). The Hall–Kier alpha value is -3.85. The Morgan fingerprint density at radius 1 is 1.03 bits per heavy atom. The molecule has 0 atom stereocenters. The highest BCUT2D eigenvalue weighted by Gasteiger charge is 2.19. The van der Waals surface area contributed by atoms with Crippen molar-refractivity contribution in [3.05, 3.63) is 54.7 Å². The van der Waals surface area contributed by atoms with Crippen LogP contribution in [0.15, 0.2) is 54.7 Å². The second-order valence-electron chi connectivity index (χ2n) is 7.46. The summed E-state index contributed by atoms with van der Waals surface area (Å²) in [5.74, 6) is 1.28. The van der Waals surface area contributed by atoms with E-state index >= 15 is 0 Å². The van der Waals surface area contributed by atoms with Crippen LogP contribution < -0.4 is 14.8 Å². The standard InChI is InChI=1S/C25H30N4O5/c1-5-24(31)28(13-14-32-2)17-23(30)27-25-26-22(18-7-6-8-21(15-18)34-4)16-29(25)19-9-11-20(33-3)12-10-19/h6-12,15-16H,5,13-14,17H2,1-4H3,(H,26,27,30). The van der Waals surface area contributed by atoms with Crippen molar-refractivity contribution < 1.29 is 23.8 Å². The summed E-state index contributed by atoms with van der Waals surface area (Å²) in [6, 6.07) is 14.9. The summed E-state index contributed by atoms with van der Waals surface area (Å²) in [5, 5.41) is 2.86. The summed E-state index contributed by atoms with van der Waals surface area (Å²) >= 11 is 0. The quantitative estimate of drug-likeness (QED) is 0.466. The Morgan fingerprint density at radius 3 is 2.41 bits per heavy atom. The van der Waals surface area contributed by atoms with Gasteiger partial charge in [0.2, 0.25) is 17.8 Å². The molecule has 0 fully saturated rings. The fraction of sp³-hybridized carbons (Fsp3) is 0.320. The SMILES string of the molecule is CCC(=O)N(CCOC)CC(=O)Nc1nc(-c2cccc(OC)c2)cn1-c1ccc(OC)cc1. The van der Waals surface area contributed by atoms with Crippen LogP contribution >= 0.6 is 0 Å². The molecule has 0 radical (unpaired) electrons. The molecule has 2 amide bonds. The summed E-state index contributed by atoms with van der Waals surface area (Å²) in [5.41, 5.74) is 2.29. The number of carbonyl (C=O) groups is 2. The molecular formula is C25H30N4O5. The number of aromatic nitrogens is 2. The Kier molecular flexibility index (Phi) is 8.64. The molecule has 1 N–H and O–H groups in total. The maximum atomic E-state index is 12.9. The number of nitrogens with one attached hydrogen (secondary N) is 1. The lowest BCUT2D eigenvalue weighted by Crippen LogP contribution is -2.39. The van der Waals surface area contributed by atoms with Crippen molar-refractivity contribution in [1.29, 1.82) is 0 Å². The molecule has 3 aromatic rings. The maximum Gasteiger partial charge on any atom is 0.246 e. The van der Waals surface area contributed by atoms with Crippen LogP contribution in [0, 0.1) is 0 Å². The minimum Gasteiger partial charge on any atom is -0.497 e. The first kappa shape index (κ1) is 24.8. The number of hydrogen-bond donors (Lipinski definition) is 1. The van der Waals surface area contributed by atoms with Gasteiger partial charge in [0.25, 0.3) is 0 Å². The molecule has 9 nitrogen and oxygen atoms in total.